The van der Waals surface area contributed by atoms with Crippen molar-refractivity contribution in [3.05, 3.63) is 59.7 Å². The van der Waals surface area contributed by atoms with Crippen LogP contribution >= 0.6 is 0 Å². The van der Waals surface area contributed by atoms with Crippen molar-refractivity contribution >= 4 is 23.2 Å². The second-order valence-electron chi connectivity index (χ2n) is 7.97. The third-order valence-corrected chi connectivity index (χ3v) is 5.89. The Morgan fingerprint density at radius 2 is 1.91 bits per heavy atom. The number of hydrogen-bond acceptors (Lipinski definition) is 9. The number of nitrogens with zero attached hydrogens (tertiary/aromatic N) is 5. The first-order valence-electron chi connectivity index (χ1n) is 10.8. The lowest BCUT2D eigenvalue weighted by atomic mass is 10.1. The minimum atomic E-state index is -0.320. The van der Waals surface area contributed by atoms with E-state index in [1.54, 1.807) is 30.7 Å². The van der Waals surface area contributed by atoms with Crippen molar-refractivity contribution in [1.82, 2.24) is 20.3 Å². The molecule has 0 atom stereocenters. The number of rotatable bonds is 5. The predicted molar refractivity (Wildman–Crippen MR) is 124 cm³/mol. The fourth-order valence-electron chi connectivity index (χ4n) is 4.20. The Morgan fingerprint density at radius 3 is 2.70 bits per heavy atom. The molecule has 1 aromatic carbocycles. The number of phenolic OH excluding ortho intramolecular Hbond substituents is 1. The van der Waals surface area contributed by atoms with E-state index in [1.165, 1.54) is 7.11 Å². The number of amides is 1. The number of aromatic hydroxyl groups is 1. The minimum absolute atomic E-state index is 0.101. The molecule has 2 aromatic heterocycles. The Balaban J connectivity index is 1.33. The van der Waals surface area contributed by atoms with Gasteiger partial charge in [-0.1, -0.05) is 0 Å². The predicted octanol–water partition coefficient (Wildman–Crippen LogP) is 1.77. The van der Waals surface area contributed by atoms with Crippen molar-refractivity contribution in [3.63, 3.8) is 0 Å². The molecule has 4 heterocycles. The molecule has 10 heteroatoms. The summed E-state index contributed by atoms with van der Waals surface area (Å²) < 4.78 is 5.21. The highest BCUT2D eigenvalue weighted by atomic mass is 16.5. The van der Waals surface area contributed by atoms with E-state index in [0.29, 0.717) is 30.5 Å². The first-order chi connectivity index (χ1) is 16.1. The van der Waals surface area contributed by atoms with Crippen molar-refractivity contribution in [2.24, 2.45) is 0 Å². The molecule has 0 radical (unpaired) electrons. The summed E-state index contributed by atoms with van der Waals surface area (Å²) in [6.07, 6.45) is 4.97. The van der Waals surface area contributed by atoms with Crippen LogP contribution in [0.4, 0.5) is 17.3 Å². The maximum Gasteiger partial charge on any atom is 0.274 e. The van der Waals surface area contributed by atoms with Gasteiger partial charge in [-0.2, -0.15) is 0 Å². The number of hydrogen-bond donors (Lipinski definition) is 3. The molecular weight excluding hydrogens is 422 g/mol. The summed E-state index contributed by atoms with van der Waals surface area (Å²) >= 11 is 0. The minimum Gasteiger partial charge on any atom is -0.504 e. The van der Waals surface area contributed by atoms with Gasteiger partial charge in [0, 0.05) is 51.7 Å². The number of methoxy groups -OCH3 is 1. The zero-order valence-corrected chi connectivity index (χ0v) is 18.3. The second kappa shape index (κ2) is 8.91. The number of nitrogens with one attached hydrogen (secondary N) is 2. The Bertz CT molecular complexity index is 1180. The van der Waals surface area contributed by atoms with E-state index < -0.39 is 0 Å². The van der Waals surface area contributed by atoms with Crippen LogP contribution in [0, 0.1) is 0 Å². The number of pyridine rings is 1. The van der Waals surface area contributed by atoms with Crippen LogP contribution in [0.25, 0.3) is 0 Å². The average molecular weight is 447 g/mol. The van der Waals surface area contributed by atoms with Crippen LogP contribution in [0.15, 0.2) is 42.9 Å². The third-order valence-electron chi connectivity index (χ3n) is 5.89. The van der Waals surface area contributed by atoms with Crippen LogP contribution in [-0.2, 0) is 13.1 Å². The van der Waals surface area contributed by atoms with Crippen molar-refractivity contribution < 1.29 is 14.6 Å². The highest BCUT2D eigenvalue weighted by molar-refractivity contribution is 6.04. The number of fused-ring (bicyclic) bond motifs is 1. The van der Waals surface area contributed by atoms with Gasteiger partial charge in [0.25, 0.3) is 5.91 Å². The maximum absolute atomic E-state index is 13.0. The first-order valence-corrected chi connectivity index (χ1v) is 10.8. The standard InChI is InChI=1S/C23H25N7O3/c1-33-21-11-16-14-30(13-15(16)10-20(21)31)23-26-5-2-17(28-23)22(32)27-18-12-25-4-3-19(18)29-8-6-24-7-9-29/h2-5,10-12,24,31H,6-9,13-14H2,1H3,(H,27,32). The molecule has 170 valence electrons. The topological polar surface area (TPSA) is 116 Å². The van der Waals surface area contributed by atoms with Crippen LogP contribution in [0.5, 0.6) is 11.5 Å². The van der Waals surface area contributed by atoms with Gasteiger partial charge in [0.15, 0.2) is 11.5 Å². The number of anilines is 3. The third kappa shape index (κ3) is 4.24. The van der Waals surface area contributed by atoms with Gasteiger partial charge in [0.2, 0.25) is 5.95 Å². The number of piperazine rings is 1. The van der Waals surface area contributed by atoms with E-state index >= 15 is 0 Å². The lowest BCUT2D eigenvalue weighted by Gasteiger charge is -2.30. The average Bonchev–Trinajstić information content (AvgIpc) is 3.27. The van der Waals surface area contributed by atoms with E-state index in [2.05, 4.69) is 30.5 Å². The monoisotopic (exact) mass is 447 g/mol. The first kappa shape index (κ1) is 21.0. The van der Waals surface area contributed by atoms with E-state index in [9.17, 15) is 9.90 Å². The molecule has 0 unspecified atom stereocenters. The quantitative estimate of drug-likeness (QED) is 0.538. The molecule has 1 fully saturated rings. The number of carbonyl (C=O) groups is 1. The summed E-state index contributed by atoms with van der Waals surface area (Å²) in [5.41, 5.74) is 3.87. The molecule has 5 rings (SSSR count). The smallest absolute Gasteiger partial charge is 0.274 e. The highest BCUT2D eigenvalue weighted by Gasteiger charge is 2.24. The Kier molecular flexibility index (Phi) is 5.66. The maximum atomic E-state index is 13.0. The zero-order valence-electron chi connectivity index (χ0n) is 18.3. The Morgan fingerprint density at radius 1 is 1.12 bits per heavy atom. The molecule has 0 saturated carbocycles. The van der Waals surface area contributed by atoms with Gasteiger partial charge in [0.05, 0.1) is 24.7 Å². The van der Waals surface area contributed by atoms with E-state index in [0.717, 1.165) is 43.0 Å². The van der Waals surface area contributed by atoms with E-state index in [1.807, 2.05) is 17.0 Å². The molecule has 0 spiro atoms. The van der Waals surface area contributed by atoms with Crippen LogP contribution < -0.4 is 25.2 Å². The summed E-state index contributed by atoms with van der Waals surface area (Å²) in [5, 5.41) is 16.4. The fraction of sp³-hybridized carbons (Fsp3) is 0.304. The summed E-state index contributed by atoms with van der Waals surface area (Å²) in [6.45, 7) is 4.61. The number of ether oxygens (including phenoxy) is 1. The molecule has 1 amide bonds. The van der Waals surface area contributed by atoms with Gasteiger partial charge in [0.1, 0.15) is 5.69 Å². The summed E-state index contributed by atoms with van der Waals surface area (Å²) in [5.74, 6) is 0.662. The highest BCUT2D eigenvalue weighted by Crippen LogP contribution is 2.35. The van der Waals surface area contributed by atoms with Crippen LogP contribution in [0.1, 0.15) is 21.6 Å². The van der Waals surface area contributed by atoms with Gasteiger partial charge >= 0.3 is 0 Å². The van der Waals surface area contributed by atoms with Gasteiger partial charge in [-0.25, -0.2) is 9.97 Å². The van der Waals surface area contributed by atoms with Gasteiger partial charge < -0.3 is 30.3 Å². The van der Waals surface area contributed by atoms with Crippen molar-refractivity contribution in [1.29, 1.82) is 0 Å². The SMILES string of the molecule is COc1cc2c(cc1O)CN(c1nccc(C(=O)Nc3cnccc3N3CCNCC3)n1)C2. The van der Waals surface area contributed by atoms with Crippen LogP contribution in [0.2, 0.25) is 0 Å². The fourth-order valence-corrected chi connectivity index (χ4v) is 4.20. The molecular formula is C23H25N7O3. The number of benzene rings is 1. The summed E-state index contributed by atoms with van der Waals surface area (Å²) in [6, 6.07) is 7.03. The zero-order chi connectivity index (χ0) is 22.8. The van der Waals surface area contributed by atoms with Gasteiger partial charge in [-0.15, -0.1) is 0 Å². The van der Waals surface area contributed by atoms with E-state index in [4.69, 9.17) is 4.74 Å². The van der Waals surface area contributed by atoms with Gasteiger partial charge in [-0.3, -0.25) is 9.78 Å². The Hall–Kier alpha value is -3.92. The summed E-state index contributed by atoms with van der Waals surface area (Å²) in [7, 11) is 1.52. The van der Waals surface area contributed by atoms with Crippen molar-refractivity contribution in [2.45, 2.75) is 13.1 Å². The van der Waals surface area contributed by atoms with Crippen LogP contribution in [0.3, 0.4) is 0 Å². The lowest BCUT2D eigenvalue weighted by Crippen LogP contribution is -2.43. The number of phenols is 1. The largest absolute Gasteiger partial charge is 0.504 e. The normalized spacial score (nSPS) is 15.3. The Labute approximate surface area is 191 Å². The lowest BCUT2D eigenvalue weighted by molar-refractivity contribution is 0.102. The summed E-state index contributed by atoms with van der Waals surface area (Å²) in [4.78, 5) is 30.3. The molecule has 2 aliphatic heterocycles. The molecule has 1 saturated heterocycles. The molecule has 3 aromatic rings. The van der Waals surface area contributed by atoms with Crippen LogP contribution in [-0.4, -0.2) is 59.3 Å². The molecule has 0 aliphatic carbocycles. The number of aromatic nitrogens is 3. The van der Waals surface area contributed by atoms with Crippen molar-refractivity contribution in [3.8, 4) is 11.5 Å². The molecule has 0 bridgehead atoms. The second-order valence-corrected chi connectivity index (χ2v) is 7.97. The molecule has 3 N–H and O–H groups in total. The molecule has 10 nitrogen and oxygen atoms in total. The van der Waals surface area contributed by atoms with Crippen molar-refractivity contribution in [2.75, 3.05) is 48.4 Å². The number of carbonyl (C=O) groups excluding carboxylic acids is 1. The molecule has 33 heavy (non-hydrogen) atoms. The molecule has 2 aliphatic rings. The van der Waals surface area contributed by atoms with Gasteiger partial charge in [-0.05, 0) is 35.4 Å². The van der Waals surface area contributed by atoms with E-state index in [-0.39, 0.29) is 17.4 Å².